The van der Waals surface area contributed by atoms with Crippen LogP contribution in [0.15, 0.2) is 29.2 Å². The summed E-state index contributed by atoms with van der Waals surface area (Å²) in [4.78, 5) is 12.6. The number of hydrogen-bond donors (Lipinski definition) is 0. The molecule has 0 aliphatic rings. The first-order valence-corrected chi connectivity index (χ1v) is 16.4. The third-order valence-corrected chi connectivity index (χ3v) is 9.13. The van der Waals surface area contributed by atoms with Crippen LogP contribution in [0.5, 0.6) is 5.75 Å². The van der Waals surface area contributed by atoms with E-state index in [1.807, 2.05) is 0 Å². The van der Waals surface area contributed by atoms with Gasteiger partial charge in [0.25, 0.3) is 0 Å². The average Bonchev–Trinajstić information content (AvgIpc) is 2.75. The second kappa shape index (κ2) is 17.6. The van der Waals surface area contributed by atoms with E-state index in [4.69, 9.17) is 4.74 Å². The lowest BCUT2D eigenvalue weighted by atomic mass is 10.0. The highest BCUT2D eigenvalue weighted by Gasteiger charge is 2.34. The summed E-state index contributed by atoms with van der Waals surface area (Å²) in [5.74, 6) is 0.124. The lowest BCUT2D eigenvalue weighted by Gasteiger charge is -2.26. The van der Waals surface area contributed by atoms with Crippen molar-refractivity contribution in [1.29, 1.82) is 0 Å². The Bertz CT molecular complexity index is 660. The molecule has 1 rings (SSSR count). The number of halogens is 1. The number of benzene rings is 1. The van der Waals surface area contributed by atoms with Crippen LogP contribution in [0.3, 0.4) is 0 Å². The van der Waals surface area contributed by atoms with Crippen molar-refractivity contribution < 1.29 is 37.5 Å². The molecular weight excluding hydrogens is 476 g/mol. The zero-order valence-corrected chi connectivity index (χ0v) is 22.9. The highest BCUT2D eigenvalue weighted by molar-refractivity contribution is 8.28. The molecule has 1 aromatic carbocycles. The SMILES string of the molecule is CCCCCCCCCCCCCCCCCC(=O)Oc1ccc(S(C)(C)O[Cl+3]([O-])([O-])[O-])cc1. The van der Waals surface area contributed by atoms with Crippen molar-refractivity contribution in [3.63, 3.8) is 0 Å². The van der Waals surface area contributed by atoms with Crippen LogP contribution in [-0.2, 0) is 8.53 Å². The van der Waals surface area contributed by atoms with Gasteiger partial charge in [0.05, 0.1) is 10.2 Å². The molecule has 0 amide bonds. The van der Waals surface area contributed by atoms with Crippen LogP contribution in [0, 0.1) is 10.2 Å². The Morgan fingerprint density at radius 2 is 1.15 bits per heavy atom. The number of hydrogen-bond acceptors (Lipinski definition) is 6. The topological polar surface area (TPSA) is 105 Å². The number of carbonyl (C=O) groups excluding carboxylic acids is 1. The quantitative estimate of drug-likeness (QED) is 0.134. The maximum Gasteiger partial charge on any atom is 0.311 e. The van der Waals surface area contributed by atoms with Gasteiger partial charge in [-0.1, -0.05) is 96.8 Å². The smallest absolute Gasteiger partial charge is 0.311 e. The molecule has 0 aliphatic heterocycles. The maximum atomic E-state index is 12.1. The average molecular weight is 521 g/mol. The lowest BCUT2D eigenvalue weighted by Crippen LogP contribution is -2.61. The number of carbonyl (C=O) groups is 1. The van der Waals surface area contributed by atoms with Gasteiger partial charge >= 0.3 is 5.97 Å². The van der Waals surface area contributed by atoms with E-state index in [-0.39, 0.29) is 5.97 Å². The minimum atomic E-state index is -4.50. The minimum absolute atomic E-state index is 0.272. The van der Waals surface area contributed by atoms with Gasteiger partial charge in [0.15, 0.2) is 0 Å². The van der Waals surface area contributed by atoms with Crippen molar-refractivity contribution in [2.45, 2.75) is 115 Å². The lowest BCUT2D eigenvalue weighted by molar-refractivity contribution is -1.91. The molecule has 0 fully saturated rings. The van der Waals surface area contributed by atoms with Gasteiger partial charge in [-0.25, -0.2) is 0 Å². The molecule has 0 heterocycles. The van der Waals surface area contributed by atoms with Crippen LogP contribution in [0.25, 0.3) is 0 Å². The van der Waals surface area contributed by atoms with Gasteiger partial charge in [0, 0.05) is 34.1 Å². The van der Waals surface area contributed by atoms with Gasteiger partial charge in [0.1, 0.15) is 9.49 Å². The van der Waals surface area contributed by atoms with Gasteiger partial charge in [-0.15, -0.1) is 0 Å². The van der Waals surface area contributed by atoms with Crippen molar-refractivity contribution >= 4 is 16.3 Å². The Morgan fingerprint density at radius 3 is 1.56 bits per heavy atom. The Balaban J connectivity index is 2.05. The Hall–Kier alpha value is -0.830. The fraction of sp³-hybridized carbons (Fsp3) is 0.731. The molecule has 198 valence electrons. The van der Waals surface area contributed by atoms with Crippen LogP contribution < -0.4 is 18.7 Å². The molecule has 0 bridgehead atoms. The molecule has 0 saturated carbocycles. The number of rotatable bonds is 20. The Kier molecular flexibility index (Phi) is 16.1. The van der Waals surface area contributed by atoms with Gasteiger partial charge < -0.3 is 4.74 Å². The summed E-state index contributed by atoms with van der Waals surface area (Å²) < 4.78 is 42.6. The van der Waals surface area contributed by atoms with E-state index >= 15 is 0 Å². The Morgan fingerprint density at radius 1 is 0.735 bits per heavy atom. The van der Waals surface area contributed by atoms with E-state index in [0.29, 0.717) is 17.1 Å². The third-order valence-electron chi connectivity index (χ3n) is 5.84. The van der Waals surface area contributed by atoms with Crippen LogP contribution in [0.1, 0.15) is 110 Å². The van der Waals surface area contributed by atoms with E-state index in [1.54, 1.807) is 36.8 Å². The molecule has 1 aromatic rings. The van der Waals surface area contributed by atoms with Crippen molar-refractivity contribution in [1.82, 2.24) is 0 Å². The molecule has 0 unspecified atom stereocenters. The van der Waals surface area contributed by atoms with Gasteiger partial charge in [-0.05, 0) is 30.7 Å². The highest BCUT2D eigenvalue weighted by atomic mass is 35.7. The maximum absolute atomic E-state index is 12.1. The number of unbranched alkanes of at least 4 members (excludes halogenated alkanes) is 14. The van der Waals surface area contributed by atoms with Gasteiger partial charge in [-0.3, -0.25) is 4.79 Å². The molecule has 0 spiro atoms. The molecule has 0 atom stereocenters. The molecule has 0 saturated heterocycles. The van der Waals surface area contributed by atoms with Crippen LogP contribution in [0.4, 0.5) is 0 Å². The first-order valence-electron chi connectivity index (χ1n) is 12.8. The summed E-state index contributed by atoms with van der Waals surface area (Å²) in [6.07, 6.45) is 22.7. The van der Waals surface area contributed by atoms with Crippen LogP contribution >= 0.6 is 10.3 Å². The highest BCUT2D eigenvalue weighted by Crippen LogP contribution is 2.51. The summed E-state index contributed by atoms with van der Waals surface area (Å²) in [5, 5.41) is 0. The monoisotopic (exact) mass is 520 g/mol. The predicted molar refractivity (Wildman–Crippen MR) is 130 cm³/mol. The summed E-state index contributed by atoms with van der Waals surface area (Å²) in [7, 11) is -6.76. The van der Waals surface area contributed by atoms with E-state index in [2.05, 4.69) is 10.7 Å². The molecule has 0 aromatic heterocycles. The fourth-order valence-electron chi connectivity index (χ4n) is 3.89. The van der Waals surface area contributed by atoms with E-state index in [0.717, 1.165) is 19.3 Å². The van der Waals surface area contributed by atoms with Crippen molar-refractivity contribution in [2.24, 2.45) is 0 Å². The Labute approximate surface area is 210 Å². The standard InChI is InChI=1S/C26H45ClO6S/c1-4-5-6-7-8-9-10-11-12-13-14-15-16-17-18-19-26(28)32-24-20-22-25(23-21-24)34(2,3)33-27(29,30)31/h20-23H,4-19H2,1-3H3. The molecule has 34 heavy (non-hydrogen) atoms. The normalized spacial score (nSPS) is 12.6. The number of ether oxygens (including phenoxy) is 1. The largest absolute Gasteiger partial charge is 0.427 e. The van der Waals surface area contributed by atoms with E-state index < -0.39 is 20.6 Å². The van der Waals surface area contributed by atoms with Gasteiger partial charge in [-0.2, -0.15) is 14.0 Å². The second-order valence-corrected chi connectivity index (χ2v) is 13.5. The minimum Gasteiger partial charge on any atom is -0.427 e. The molecule has 0 radical (unpaired) electrons. The first-order chi connectivity index (χ1) is 16.1. The summed E-state index contributed by atoms with van der Waals surface area (Å²) >= 11 is 0. The van der Waals surface area contributed by atoms with Crippen LogP contribution in [-0.4, -0.2) is 18.5 Å². The molecule has 0 aliphatic carbocycles. The van der Waals surface area contributed by atoms with E-state index in [9.17, 15) is 18.8 Å². The predicted octanol–water partition coefficient (Wildman–Crippen LogP) is 5.11. The fourth-order valence-corrected chi connectivity index (χ4v) is 6.51. The van der Waals surface area contributed by atoms with Crippen molar-refractivity contribution in [2.75, 3.05) is 12.5 Å². The molecular formula is C26H45ClO6S. The zero-order chi connectivity index (χ0) is 25.3. The first kappa shape index (κ1) is 31.2. The van der Waals surface area contributed by atoms with Crippen molar-refractivity contribution in [3.05, 3.63) is 24.3 Å². The summed E-state index contributed by atoms with van der Waals surface area (Å²) in [6, 6.07) is 6.41. The zero-order valence-electron chi connectivity index (χ0n) is 21.4. The second-order valence-electron chi connectivity index (χ2n) is 9.32. The molecule has 0 N–H and O–H groups in total. The molecule has 8 heteroatoms. The van der Waals surface area contributed by atoms with Crippen molar-refractivity contribution in [3.8, 4) is 5.75 Å². The van der Waals surface area contributed by atoms with E-state index in [1.165, 1.54) is 77.0 Å². The summed E-state index contributed by atoms with van der Waals surface area (Å²) in [6.45, 7) is 2.26. The van der Waals surface area contributed by atoms with Gasteiger partial charge in [0.2, 0.25) is 0 Å². The van der Waals surface area contributed by atoms with Crippen LogP contribution in [0.2, 0.25) is 0 Å². The molecule has 6 nitrogen and oxygen atoms in total. The summed E-state index contributed by atoms with van der Waals surface area (Å²) in [5.41, 5.74) is 0. The third kappa shape index (κ3) is 16.0. The number of esters is 1.